The van der Waals surface area contributed by atoms with Crippen LogP contribution in [0.25, 0.3) is 0 Å². The van der Waals surface area contributed by atoms with Gasteiger partial charge in [-0.3, -0.25) is 0 Å². The molecule has 4 nitrogen and oxygen atoms in total. The Kier molecular flexibility index (Phi) is 5.93. The van der Waals surface area contributed by atoms with Gasteiger partial charge in [-0.15, -0.1) is 0 Å². The van der Waals surface area contributed by atoms with Crippen LogP contribution < -0.4 is 9.47 Å². The number of hydrogen-bond donors (Lipinski definition) is 0. The fraction of sp³-hybridized carbons (Fsp3) is 0.111. The fourth-order valence-electron chi connectivity index (χ4n) is 1.64. The summed E-state index contributed by atoms with van der Waals surface area (Å²) in [7, 11) is 0. The molecule has 0 unspecified atom stereocenters. The highest BCUT2D eigenvalue weighted by atomic mass is 16.5. The van der Waals surface area contributed by atoms with Crippen LogP contribution in [0.5, 0.6) is 11.5 Å². The summed E-state index contributed by atoms with van der Waals surface area (Å²) in [5, 5.41) is 8.36. The van der Waals surface area contributed by atoms with Gasteiger partial charge >= 0.3 is 0 Å². The van der Waals surface area contributed by atoms with Gasteiger partial charge in [-0.25, -0.2) is 0 Å². The van der Waals surface area contributed by atoms with Crippen LogP contribution in [0.2, 0.25) is 0 Å². The van der Waals surface area contributed by atoms with E-state index in [0.717, 1.165) is 22.9 Å². The van der Waals surface area contributed by atoms with Crippen molar-refractivity contribution < 1.29 is 9.47 Å². The van der Waals surface area contributed by atoms with E-state index < -0.39 is 0 Å². The van der Waals surface area contributed by atoms with E-state index in [2.05, 4.69) is 23.4 Å². The first-order chi connectivity index (χ1) is 10.8. The van der Waals surface area contributed by atoms with Gasteiger partial charge in [-0.1, -0.05) is 25.3 Å². The van der Waals surface area contributed by atoms with Crippen molar-refractivity contribution in [3.05, 3.63) is 73.8 Å². The second-order valence-electron chi connectivity index (χ2n) is 4.39. The molecule has 0 atom stereocenters. The molecule has 2 aromatic rings. The molecular formula is C18H18N2O2. The Balaban J connectivity index is 1.95. The molecule has 0 N–H and O–H groups in total. The van der Waals surface area contributed by atoms with Crippen LogP contribution in [-0.2, 0) is 0 Å². The summed E-state index contributed by atoms with van der Waals surface area (Å²) in [5.74, 6) is 1.56. The van der Waals surface area contributed by atoms with E-state index in [1.165, 1.54) is 0 Å². The Morgan fingerprint density at radius 2 is 1.05 bits per heavy atom. The predicted molar refractivity (Wildman–Crippen MR) is 88.4 cm³/mol. The molecule has 2 aromatic carbocycles. The Morgan fingerprint density at radius 1 is 0.682 bits per heavy atom. The smallest absolute Gasteiger partial charge is 0.119 e. The summed E-state index contributed by atoms with van der Waals surface area (Å²) < 4.78 is 10.8. The number of hydrogen-bond acceptors (Lipinski definition) is 4. The highest BCUT2D eigenvalue weighted by Gasteiger charge is 1.95. The zero-order valence-electron chi connectivity index (χ0n) is 12.3. The van der Waals surface area contributed by atoms with Gasteiger partial charge in [0, 0.05) is 0 Å². The maximum absolute atomic E-state index is 5.41. The van der Waals surface area contributed by atoms with Gasteiger partial charge in [0.1, 0.15) is 24.7 Å². The second-order valence-corrected chi connectivity index (χ2v) is 4.39. The Morgan fingerprint density at radius 3 is 1.36 bits per heavy atom. The molecule has 0 bridgehead atoms. The first kappa shape index (κ1) is 15.5. The van der Waals surface area contributed by atoms with Crippen molar-refractivity contribution in [3.63, 3.8) is 0 Å². The van der Waals surface area contributed by atoms with Gasteiger partial charge in [0.15, 0.2) is 0 Å². The van der Waals surface area contributed by atoms with Crippen LogP contribution in [0, 0.1) is 0 Å². The predicted octanol–water partition coefficient (Wildman–Crippen LogP) is 5.23. The molecule has 4 heteroatoms. The summed E-state index contributed by atoms with van der Waals surface area (Å²) in [6.07, 6.45) is 3.41. The Labute approximate surface area is 130 Å². The number of rotatable bonds is 8. The van der Waals surface area contributed by atoms with Crippen LogP contribution in [0.3, 0.4) is 0 Å². The van der Waals surface area contributed by atoms with Crippen molar-refractivity contribution in [2.45, 2.75) is 0 Å². The van der Waals surface area contributed by atoms with Crippen LogP contribution in [0.15, 0.2) is 84.1 Å². The Bertz CT molecular complexity index is 574. The summed E-state index contributed by atoms with van der Waals surface area (Å²) in [6, 6.07) is 14.8. The number of nitrogens with zero attached hydrogens (tertiary/aromatic N) is 2. The molecule has 0 amide bonds. The van der Waals surface area contributed by atoms with E-state index in [1.54, 1.807) is 12.2 Å². The fourth-order valence-corrected chi connectivity index (χ4v) is 1.64. The van der Waals surface area contributed by atoms with Gasteiger partial charge in [0.25, 0.3) is 0 Å². The summed E-state index contributed by atoms with van der Waals surface area (Å²) in [4.78, 5) is 0. The lowest BCUT2D eigenvalue weighted by Crippen LogP contribution is -1.91. The average molecular weight is 294 g/mol. The van der Waals surface area contributed by atoms with Gasteiger partial charge in [-0.2, -0.15) is 10.2 Å². The van der Waals surface area contributed by atoms with Crippen molar-refractivity contribution >= 4 is 11.4 Å². The van der Waals surface area contributed by atoms with Crippen LogP contribution in [-0.4, -0.2) is 13.2 Å². The maximum atomic E-state index is 5.41. The summed E-state index contributed by atoms with van der Waals surface area (Å²) in [6.45, 7) is 8.19. The number of benzene rings is 2. The van der Waals surface area contributed by atoms with E-state index in [0.29, 0.717) is 13.2 Å². The molecule has 2 rings (SSSR count). The van der Waals surface area contributed by atoms with Crippen molar-refractivity contribution in [2.75, 3.05) is 13.2 Å². The first-order valence-electron chi connectivity index (χ1n) is 6.91. The van der Waals surface area contributed by atoms with Crippen molar-refractivity contribution in [1.29, 1.82) is 0 Å². The van der Waals surface area contributed by atoms with Crippen LogP contribution in [0.4, 0.5) is 11.4 Å². The molecule has 0 heterocycles. The average Bonchev–Trinajstić information content (AvgIpc) is 2.58. The lowest BCUT2D eigenvalue weighted by Gasteiger charge is -2.03. The third-order valence-electron chi connectivity index (χ3n) is 2.69. The summed E-state index contributed by atoms with van der Waals surface area (Å²) in [5.41, 5.74) is 1.52. The van der Waals surface area contributed by atoms with E-state index in [-0.39, 0.29) is 0 Å². The third-order valence-corrected chi connectivity index (χ3v) is 2.69. The minimum atomic E-state index is 0.487. The maximum Gasteiger partial charge on any atom is 0.119 e. The zero-order valence-corrected chi connectivity index (χ0v) is 12.3. The van der Waals surface area contributed by atoms with Crippen molar-refractivity contribution in [3.8, 4) is 11.5 Å². The van der Waals surface area contributed by atoms with Crippen molar-refractivity contribution in [1.82, 2.24) is 0 Å². The van der Waals surface area contributed by atoms with E-state index in [9.17, 15) is 0 Å². The van der Waals surface area contributed by atoms with E-state index in [1.807, 2.05) is 48.5 Å². The number of ether oxygens (including phenoxy) is 2. The normalized spacial score (nSPS) is 10.4. The standard InChI is InChI=1S/C18H18N2O2/c1-3-13-21-17-9-5-15(6-10-17)19-20-16-7-11-18(12-8-16)22-14-4-2/h3-12H,1-2,13-14H2/b20-19+. The van der Waals surface area contributed by atoms with Crippen LogP contribution in [0.1, 0.15) is 0 Å². The molecule has 22 heavy (non-hydrogen) atoms. The number of azo groups is 1. The lowest BCUT2D eigenvalue weighted by molar-refractivity contribution is 0.363. The SMILES string of the molecule is C=CCOc1ccc(/N=N/c2ccc(OCC=C)cc2)cc1. The topological polar surface area (TPSA) is 43.2 Å². The molecule has 0 radical (unpaired) electrons. The molecular weight excluding hydrogens is 276 g/mol. The van der Waals surface area contributed by atoms with Crippen molar-refractivity contribution in [2.24, 2.45) is 10.2 Å². The highest BCUT2D eigenvalue weighted by molar-refractivity contribution is 5.44. The molecule has 0 aliphatic rings. The van der Waals surface area contributed by atoms with Gasteiger partial charge in [0.2, 0.25) is 0 Å². The van der Waals surface area contributed by atoms with Gasteiger partial charge in [-0.05, 0) is 48.5 Å². The minimum Gasteiger partial charge on any atom is -0.490 e. The van der Waals surface area contributed by atoms with E-state index >= 15 is 0 Å². The van der Waals surface area contributed by atoms with Gasteiger partial charge in [0.05, 0.1) is 11.4 Å². The molecule has 0 saturated heterocycles. The molecule has 0 fully saturated rings. The molecule has 0 aliphatic carbocycles. The molecule has 0 spiro atoms. The Hall–Kier alpha value is -2.88. The summed E-state index contributed by atoms with van der Waals surface area (Å²) >= 11 is 0. The highest BCUT2D eigenvalue weighted by Crippen LogP contribution is 2.23. The van der Waals surface area contributed by atoms with Gasteiger partial charge < -0.3 is 9.47 Å². The van der Waals surface area contributed by atoms with Crippen LogP contribution >= 0.6 is 0 Å². The molecule has 0 saturated carbocycles. The third kappa shape index (κ3) is 4.90. The van der Waals surface area contributed by atoms with E-state index in [4.69, 9.17) is 9.47 Å². The zero-order chi connectivity index (χ0) is 15.6. The quantitative estimate of drug-likeness (QED) is 0.494. The molecule has 0 aliphatic heterocycles. The largest absolute Gasteiger partial charge is 0.490 e. The monoisotopic (exact) mass is 294 g/mol. The second kappa shape index (κ2) is 8.42. The molecule has 0 aromatic heterocycles. The lowest BCUT2D eigenvalue weighted by atomic mass is 10.3. The minimum absolute atomic E-state index is 0.487. The first-order valence-corrected chi connectivity index (χ1v) is 6.91. The molecule has 112 valence electrons.